The molecule has 39 heavy (non-hydrogen) atoms. The zero-order valence-corrected chi connectivity index (χ0v) is 22.4. The third-order valence-electron chi connectivity index (χ3n) is 6.88. The molecule has 0 saturated carbocycles. The van der Waals surface area contributed by atoms with Crippen LogP contribution in [0, 0.1) is 5.92 Å². The molecule has 1 aliphatic rings. The molecule has 3 aromatic carbocycles. The van der Waals surface area contributed by atoms with E-state index in [2.05, 4.69) is 17.6 Å². The Kier molecular flexibility index (Phi) is 9.39. The maximum atomic E-state index is 13.8. The number of unbranched alkanes of at least 4 members (excludes halogenated alkanes) is 1. The first kappa shape index (κ1) is 27.9. The fraction of sp³-hybridized carbons (Fsp3) is 0.312. The van der Waals surface area contributed by atoms with Gasteiger partial charge in [-0.05, 0) is 55.2 Å². The predicted molar refractivity (Wildman–Crippen MR) is 152 cm³/mol. The summed E-state index contributed by atoms with van der Waals surface area (Å²) < 4.78 is 6.11. The molecule has 1 aliphatic heterocycles. The lowest BCUT2D eigenvalue weighted by atomic mass is 9.92. The number of amides is 2. The predicted octanol–water partition coefficient (Wildman–Crippen LogP) is 5.07. The van der Waals surface area contributed by atoms with E-state index in [0.717, 1.165) is 24.0 Å². The standard InChI is InChI=1S/C32H36N2O5/c1-3-4-16-33-31(37)21(2)17-28(36)27(19-22-10-9-12-24(35)18-22)34-32(38)26-20-23-11-5-7-14-29(23)39-30-15-8-6-13-25(26)30/h5-15,18,20-21,27-28,35-36H,3-4,16-17,19H2,1-2H3,(H,33,37)(H,34,38)/t21-,27-,28+/m0/s1. The number of fused-ring (bicyclic) bond motifs is 2. The van der Waals surface area contributed by atoms with Crippen LogP contribution in [-0.4, -0.2) is 40.7 Å². The minimum atomic E-state index is -1.01. The molecule has 3 aromatic rings. The highest BCUT2D eigenvalue weighted by atomic mass is 16.5. The van der Waals surface area contributed by atoms with Crippen molar-refractivity contribution >= 4 is 23.5 Å². The SMILES string of the molecule is CCCCNC(=O)[C@@H](C)C[C@@H](O)[C@H](Cc1cccc(O)c1)NC(=O)C1=Cc2ccccc2Oc2ccccc21. The molecule has 0 spiro atoms. The summed E-state index contributed by atoms with van der Waals surface area (Å²) in [6, 6.07) is 20.8. The van der Waals surface area contributed by atoms with Crippen LogP contribution in [0.25, 0.3) is 11.6 Å². The quantitative estimate of drug-likeness (QED) is 0.260. The molecule has 3 atom stereocenters. The molecule has 1 heterocycles. The van der Waals surface area contributed by atoms with E-state index in [-0.39, 0.29) is 30.4 Å². The number of phenols is 1. The van der Waals surface area contributed by atoms with Crippen molar-refractivity contribution in [3.05, 3.63) is 89.5 Å². The molecule has 2 amide bonds. The Labute approximate surface area is 229 Å². The Hall–Kier alpha value is -4.10. The van der Waals surface area contributed by atoms with E-state index in [9.17, 15) is 19.8 Å². The summed E-state index contributed by atoms with van der Waals surface area (Å²) in [6.07, 6.45) is 3.09. The highest BCUT2D eigenvalue weighted by molar-refractivity contribution is 6.25. The Morgan fingerprint density at radius 2 is 1.72 bits per heavy atom. The first-order chi connectivity index (χ1) is 18.9. The van der Waals surface area contributed by atoms with Gasteiger partial charge < -0.3 is 25.6 Å². The van der Waals surface area contributed by atoms with Crippen LogP contribution in [0.4, 0.5) is 0 Å². The number of phenolic OH excluding ortho intramolecular Hbond substituents is 1. The molecule has 0 bridgehead atoms. The zero-order chi connectivity index (χ0) is 27.8. The van der Waals surface area contributed by atoms with Gasteiger partial charge in [-0.15, -0.1) is 0 Å². The number of aromatic hydroxyl groups is 1. The van der Waals surface area contributed by atoms with E-state index in [4.69, 9.17) is 4.74 Å². The minimum Gasteiger partial charge on any atom is -0.508 e. The minimum absolute atomic E-state index is 0.102. The van der Waals surface area contributed by atoms with Crippen LogP contribution in [0.5, 0.6) is 17.2 Å². The zero-order valence-electron chi connectivity index (χ0n) is 22.4. The summed E-state index contributed by atoms with van der Waals surface area (Å²) in [4.78, 5) is 26.4. The Morgan fingerprint density at radius 1 is 0.974 bits per heavy atom. The largest absolute Gasteiger partial charge is 0.508 e. The number of carbonyl (C=O) groups is 2. The van der Waals surface area contributed by atoms with Crippen molar-refractivity contribution in [2.45, 2.75) is 51.7 Å². The number of hydrogen-bond donors (Lipinski definition) is 4. The second kappa shape index (κ2) is 13.1. The van der Waals surface area contributed by atoms with Crippen molar-refractivity contribution in [1.29, 1.82) is 0 Å². The molecule has 0 radical (unpaired) electrons. The van der Waals surface area contributed by atoms with Crippen molar-refractivity contribution in [3.8, 4) is 17.2 Å². The number of aliphatic hydroxyl groups excluding tert-OH is 1. The summed E-state index contributed by atoms with van der Waals surface area (Å²) in [5.41, 5.74) is 2.57. The maximum absolute atomic E-state index is 13.8. The molecule has 0 aromatic heterocycles. The van der Waals surface area contributed by atoms with Gasteiger partial charge in [-0.2, -0.15) is 0 Å². The van der Waals surface area contributed by atoms with Gasteiger partial charge in [0.1, 0.15) is 17.2 Å². The third-order valence-corrected chi connectivity index (χ3v) is 6.88. The van der Waals surface area contributed by atoms with E-state index in [1.807, 2.05) is 54.6 Å². The molecular formula is C32H36N2O5. The lowest BCUT2D eigenvalue weighted by Crippen LogP contribution is -2.46. The van der Waals surface area contributed by atoms with Gasteiger partial charge in [-0.3, -0.25) is 9.59 Å². The van der Waals surface area contributed by atoms with E-state index in [0.29, 0.717) is 29.2 Å². The van der Waals surface area contributed by atoms with Crippen molar-refractivity contribution in [1.82, 2.24) is 10.6 Å². The van der Waals surface area contributed by atoms with Gasteiger partial charge in [0.2, 0.25) is 5.91 Å². The molecule has 4 rings (SSSR count). The van der Waals surface area contributed by atoms with Crippen LogP contribution in [-0.2, 0) is 16.0 Å². The molecule has 0 saturated heterocycles. The van der Waals surface area contributed by atoms with Crippen molar-refractivity contribution in [3.63, 3.8) is 0 Å². The van der Waals surface area contributed by atoms with Gasteiger partial charge in [-0.1, -0.05) is 68.8 Å². The number of rotatable bonds is 11. The van der Waals surface area contributed by atoms with Crippen LogP contribution < -0.4 is 15.4 Å². The van der Waals surface area contributed by atoms with Crippen molar-refractivity contribution < 1.29 is 24.5 Å². The number of hydrogen-bond acceptors (Lipinski definition) is 5. The van der Waals surface area contributed by atoms with Gasteiger partial charge in [0.05, 0.1) is 17.7 Å². The van der Waals surface area contributed by atoms with Crippen LogP contribution in [0.1, 0.15) is 49.8 Å². The average Bonchev–Trinajstić information content (AvgIpc) is 3.09. The summed E-state index contributed by atoms with van der Waals surface area (Å²) in [5.74, 6) is 0.368. The number of carbonyl (C=O) groups excluding carboxylic acids is 2. The van der Waals surface area contributed by atoms with E-state index in [1.165, 1.54) is 0 Å². The first-order valence-corrected chi connectivity index (χ1v) is 13.5. The molecule has 0 aliphatic carbocycles. The normalized spacial score (nSPS) is 14.4. The van der Waals surface area contributed by atoms with Gasteiger partial charge >= 0.3 is 0 Å². The topological polar surface area (TPSA) is 108 Å². The van der Waals surface area contributed by atoms with Gasteiger partial charge in [0.25, 0.3) is 5.91 Å². The Morgan fingerprint density at radius 3 is 2.49 bits per heavy atom. The molecule has 0 unspecified atom stereocenters. The van der Waals surface area contributed by atoms with Crippen LogP contribution in [0.15, 0.2) is 72.8 Å². The number of benzene rings is 3. The van der Waals surface area contributed by atoms with Gasteiger partial charge in [0.15, 0.2) is 0 Å². The van der Waals surface area contributed by atoms with Crippen LogP contribution in [0.3, 0.4) is 0 Å². The second-order valence-corrected chi connectivity index (χ2v) is 10.00. The molecule has 204 valence electrons. The number of para-hydroxylation sites is 2. The maximum Gasteiger partial charge on any atom is 0.252 e. The van der Waals surface area contributed by atoms with Crippen LogP contribution in [0.2, 0.25) is 0 Å². The molecule has 0 fully saturated rings. The summed E-state index contributed by atoms with van der Waals surface area (Å²) in [7, 11) is 0. The highest BCUT2D eigenvalue weighted by Crippen LogP contribution is 2.38. The van der Waals surface area contributed by atoms with E-state index < -0.39 is 18.1 Å². The third kappa shape index (κ3) is 7.27. The smallest absolute Gasteiger partial charge is 0.252 e. The summed E-state index contributed by atoms with van der Waals surface area (Å²) >= 11 is 0. The molecule has 4 N–H and O–H groups in total. The van der Waals surface area contributed by atoms with Gasteiger partial charge in [0, 0.05) is 23.6 Å². The highest BCUT2D eigenvalue weighted by Gasteiger charge is 2.29. The molecule has 7 heteroatoms. The monoisotopic (exact) mass is 528 g/mol. The lowest BCUT2D eigenvalue weighted by Gasteiger charge is -2.27. The van der Waals surface area contributed by atoms with E-state index in [1.54, 1.807) is 31.2 Å². The number of nitrogens with one attached hydrogen (secondary N) is 2. The van der Waals surface area contributed by atoms with Crippen molar-refractivity contribution in [2.75, 3.05) is 6.54 Å². The molecule has 7 nitrogen and oxygen atoms in total. The average molecular weight is 529 g/mol. The first-order valence-electron chi connectivity index (χ1n) is 13.5. The molecular weight excluding hydrogens is 492 g/mol. The Bertz CT molecular complexity index is 1340. The van der Waals surface area contributed by atoms with Crippen LogP contribution >= 0.6 is 0 Å². The lowest BCUT2D eigenvalue weighted by molar-refractivity contribution is -0.125. The van der Waals surface area contributed by atoms with Crippen molar-refractivity contribution in [2.24, 2.45) is 5.92 Å². The Balaban J connectivity index is 1.60. The fourth-order valence-corrected chi connectivity index (χ4v) is 4.67. The number of aliphatic hydroxyl groups is 1. The number of ether oxygens (including phenoxy) is 1. The summed E-state index contributed by atoms with van der Waals surface area (Å²) in [6.45, 7) is 4.42. The second-order valence-electron chi connectivity index (χ2n) is 10.00. The van der Waals surface area contributed by atoms with Gasteiger partial charge in [-0.25, -0.2) is 0 Å². The summed E-state index contributed by atoms with van der Waals surface area (Å²) in [5, 5.41) is 27.2. The fourth-order valence-electron chi connectivity index (χ4n) is 4.67. The van der Waals surface area contributed by atoms with E-state index >= 15 is 0 Å².